The molecule has 8 atom stereocenters. The fourth-order valence-corrected chi connectivity index (χ4v) is 15.0. The number of H-pyrrole nitrogens is 3. The third kappa shape index (κ3) is 27.7. The van der Waals surface area contributed by atoms with Crippen molar-refractivity contribution in [2.45, 2.75) is 171 Å². The average molecular weight is 1830 g/mol. The van der Waals surface area contributed by atoms with Gasteiger partial charge in [0, 0.05) is 68.8 Å². The molecule has 0 fully saturated rings. The predicted octanol–water partition coefficient (Wildman–Crippen LogP) is -1.74. The molecule has 0 radical (unpaired) electrons. The number of nitrogens with zero attached hydrogens (tertiary/aromatic N) is 5. The molecular formula is C88H106N26O19. The Labute approximate surface area is 755 Å². The number of unbranched alkanes of at least 4 members (excludes halogenated alkanes) is 4. The quantitative estimate of drug-likeness (QED) is 0.00503. The van der Waals surface area contributed by atoms with Crippen molar-refractivity contribution in [2.75, 3.05) is 32.7 Å². The maximum absolute atomic E-state index is 15.8. The molecule has 702 valence electrons. The minimum atomic E-state index is -2.34. The van der Waals surface area contributed by atoms with Crippen LogP contribution in [0.15, 0.2) is 174 Å². The zero-order chi connectivity index (χ0) is 96.0. The van der Waals surface area contributed by atoms with Crippen LogP contribution in [0, 0.1) is 20.9 Å². The Morgan fingerprint density at radius 1 is 0.398 bits per heavy atom. The number of amides is 11. The standard InChI is InChI=1S/C88H106N26O19/c1-49(115)99-63(32-15-18-42-96-80(125)71-52-21-4-9-26-57(52)100-58-27-10-5-22-53(58)71)73(118)95-41-17-2-3-35-70(116)101-64(34-20-44-98-85(93)94)74(119)103-65(31-14-16-40-89)75(120)104-66(45-50-36-38-51(39-37-50)114(132)133)76(121)105-68(47-112-82(127)55-24-7-12-29-60(55)109-87(112)130)78(123)107-69(48-113-83(128)56-25-8-13-30-61(56)110-88(113)131)79(124)106-67(77(122)102-62(72(90)117)33-19-43-97-84(91)92)46-111-81(126)54-23-6-11-28-59(54)108-86(111)129/h4-13,21-30,36-39,62-69H,2-3,14-20,31-35,40-48,89H2,1H3,(H2,90,117)(H,95,118)(H,96,125)(H,99,115)(H,101,116)(H,102,122)(H,103,119)(H,104,120)(H,105,121)(H,106,124)(H,107,123)(H,108,129)(H,109,130)(H,110,131)(H4,91,92,97)(H4,93,94,98)/t62-,63-,64-,65-,66-,67-,68-,69-/m0/s1. The number of guanidine groups is 2. The second kappa shape index (κ2) is 47.8. The van der Waals surface area contributed by atoms with Gasteiger partial charge in [-0.2, -0.15) is 0 Å². The summed E-state index contributed by atoms with van der Waals surface area (Å²) in [5, 5.41) is 59.4. The van der Waals surface area contributed by atoms with Crippen molar-refractivity contribution in [3.8, 4) is 0 Å². The highest BCUT2D eigenvalue weighted by Crippen LogP contribution is 2.26. The number of hydrogen-bond donors (Lipinski definition) is 21. The van der Waals surface area contributed by atoms with E-state index >= 15 is 19.2 Å². The maximum atomic E-state index is 15.8. The van der Waals surface area contributed by atoms with Crippen LogP contribution in [0.25, 0.3) is 54.5 Å². The van der Waals surface area contributed by atoms with E-state index in [0.717, 1.165) is 12.1 Å². The topological polar surface area (TPSA) is 705 Å². The van der Waals surface area contributed by atoms with Crippen molar-refractivity contribution in [3.63, 3.8) is 0 Å². The average Bonchev–Trinajstić information content (AvgIpc) is 0.764. The second-order valence-corrected chi connectivity index (χ2v) is 31.6. The molecule has 0 saturated carbocycles. The number of para-hydroxylation sites is 5. The molecule has 10 aromatic rings. The molecule has 0 saturated heterocycles. The molecular weight excluding hydrogens is 1730 g/mol. The van der Waals surface area contributed by atoms with Crippen LogP contribution in [0.5, 0.6) is 0 Å². The van der Waals surface area contributed by atoms with Crippen molar-refractivity contribution in [1.29, 1.82) is 10.8 Å². The van der Waals surface area contributed by atoms with Crippen molar-refractivity contribution >= 4 is 137 Å². The van der Waals surface area contributed by atoms with Crippen LogP contribution in [0.2, 0.25) is 0 Å². The van der Waals surface area contributed by atoms with Crippen LogP contribution < -0.4 is 120 Å². The van der Waals surface area contributed by atoms with Crippen LogP contribution >= 0.6 is 0 Å². The monoisotopic (exact) mass is 1830 g/mol. The number of carbonyl (C=O) groups excluding carboxylic acids is 11. The van der Waals surface area contributed by atoms with Crippen molar-refractivity contribution in [3.05, 3.63) is 229 Å². The number of hydrogen-bond acceptors (Lipinski definition) is 23. The second-order valence-electron chi connectivity index (χ2n) is 31.6. The van der Waals surface area contributed by atoms with E-state index in [2.05, 4.69) is 78.8 Å². The smallest absolute Gasteiger partial charge is 0.328 e. The molecule has 0 unspecified atom stereocenters. The number of benzene rings is 6. The molecule has 0 bridgehead atoms. The van der Waals surface area contributed by atoms with Crippen molar-refractivity contribution in [2.24, 2.45) is 22.9 Å². The summed E-state index contributed by atoms with van der Waals surface area (Å²) in [7, 11) is 0. The molecule has 0 aliphatic carbocycles. The van der Waals surface area contributed by atoms with E-state index in [1.54, 1.807) is 0 Å². The Morgan fingerprint density at radius 2 is 0.759 bits per heavy atom. The molecule has 11 amide bonds. The molecule has 45 nitrogen and oxygen atoms in total. The summed E-state index contributed by atoms with van der Waals surface area (Å²) in [6.45, 7) is -1.59. The number of non-ortho nitro benzene ring substituents is 1. The van der Waals surface area contributed by atoms with E-state index in [0.29, 0.717) is 66.8 Å². The number of nitro benzene ring substituents is 1. The summed E-state index contributed by atoms with van der Waals surface area (Å²) < 4.78 is 1.48. The summed E-state index contributed by atoms with van der Waals surface area (Å²) in [5.41, 5.74) is 17.6. The first-order valence-corrected chi connectivity index (χ1v) is 43.0. The molecule has 45 heteroatoms. The Kier molecular flexibility index (Phi) is 35.6. The normalized spacial score (nSPS) is 13.0. The number of fused-ring (bicyclic) bond motifs is 5. The van der Waals surface area contributed by atoms with Gasteiger partial charge in [-0.25, -0.2) is 19.4 Å². The van der Waals surface area contributed by atoms with E-state index in [-0.39, 0.29) is 141 Å². The highest BCUT2D eigenvalue weighted by molar-refractivity contribution is 6.16. The minimum Gasteiger partial charge on any atom is -0.370 e. The third-order valence-corrected chi connectivity index (χ3v) is 21.8. The number of primary amides is 1. The molecule has 25 N–H and O–H groups in total. The van der Waals surface area contributed by atoms with Gasteiger partial charge < -0.3 is 102 Å². The van der Waals surface area contributed by atoms with Crippen LogP contribution in [0.4, 0.5) is 5.69 Å². The lowest BCUT2D eigenvalue weighted by Gasteiger charge is -2.28. The van der Waals surface area contributed by atoms with Gasteiger partial charge in [0.15, 0.2) is 11.9 Å². The molecule has 0 spiro atoms. The first-order chi connectivity index (χ1) is 63.8. The lowest BCUT2D eigenvalue weighted by atomic mass is 10.0. The summed E-state index contributed by atoms with van der Waals surface area (Å²) >= 11 is 0. The Bertz CT molecular complexity index is 6350. The molecule has 0 aliphatic heterocycles. The molecule has 133 heavy (non-hydrogen) atoms. The van der Waals surface area contributed by atoms with Gasteiger partial charge in [0.1, 0.15) is 48.3 Å². The first-order valence-electron chi connectivity index (χ1n) is 43.0. The predicted molar refractivity (Wildman–Crippen MR) is 492 cm³/mol. The van der Waals surface area contributed by atoms with Gasteiger partial charge >= 0.3 is 17.1 Å². The summed E-state index contributed by atoms with van der Waals surface area (Å²) in [5.74, 6) is -11.5. The summed E-state index contributed by atoms with van der Waals surface area (Å²) in [6.07, 6.45) is 1.40. The number of pyridine rings is 1. The first kappa shape index (κ1) is 99.0. The number of aromatic nitrogens is 7. The number of rotatable bonds is 49. The van der Waals surface area contributed by atoms with Crippen molar-refractivity contribution < 1.29 is 57.7 Å². The van der Waals surface area contributed by atoms with Gasteiger partial charge in [-0.15, -0.1) is 0 Å². The van der Waals surface area contributed by atoms with E-state index < -0.39 is 190 Å². The van der Waals surface area contributed by atoms with Gasteiger partial charge in [0.2, 0.25) is 59.1 Å². The minimum absolute atomic E-state index is 0.00894. The molecule has 6 aromatic carbocycles. The Hall–Kier alpha value is -16.1. The lowest BCUT2D eigenvalue weighted by molar-refractivity contribution is -0.384. The van der Waals surface area contributed by atoms with Gasteiger partial charge in [0.25, 0.3) is 28.3 Å². The van der Waals surface area contributed by atoms with Gasteiger partial charge in [-0.05, 0) is 138 Å². The number of nitro groups is 1. The highest BCUT2D eigenvalue weighted by atomic mass is 16.6. The fourth-order valence-electron chi connectivity index (χ4n) is 15.0. The summed E-state index contributed by atoms with van der Waals surface area (Å²) in [6, 6.07) is 22.0. The van der Waals surface area contributed by atoms with Crippen molar-refractivity contribution in [1.82, 2.24) is 97.4 Å². The zero-order valence-electron chi connectivity index (χ0n) is 72.5. The molecule has 4 heterocycles. The van der Waals surface area contributed by atoms with Crippen LogP contribution in [0.1, 0.15) is 113 Å². The van der Waals surface area contributed by atoms with Crippen LogP contribution in [0.3, 0.4) is 0 Å². The Balaban J connectivity index is 0.891. The molecule has 0 aliphatic rings. The van der Waals surface area contributed by atoms with Gasteiger partial charge in [-0.3, -0.25) is 102 Å². The SMILES string of the molecule is CC(=O)N[C@@H](CCCCNC(=O)c1c2ccccc2nc2ccccc12)C(=O)NCCCCCC(=O)N[C@@H](CCCNC(=N)N)C(=O)N[C@@H](CCCCN)C(=O)N[C@@H](Cc1ccc([N+](=O)[O-])cc1)C(=O)N[C@@H](Cn1c(=O)[nH]c2ccccc2c1=O)C(=O)N[C@@H](Cn1c(=O)[nH]c2ccccc2c1=O)C(=O)N[C@@H](Cn1c(=O)[nH]c2ccccc2c1=O)C(=O)N[C@@H](CCCNC(=N)N)C(N)=O. The molecule has 4 aromatic heterocycles. The van der Waals surface area contributed by atoms with E-state index in [4.69, 9.17) is 38.7 Å². The van der Waals surface area contributed by atoms with E-state index in [1.165, 1.54) is 91.9 Å². The highest BCUT2D eigenvalue weighted by Gasteiger charge is 2.37. The third-order valence-electron chi connectivity index (χ3n) is 21.8. The number of carbonyl (C=O) groups is 11. The fraction of sp³-hybridized carbons (Fsp3) is 0.364. The number of aromatic amines is 3. The van der Waals surface area contributed by atoms with Gasteiger partial charge in [0.05, 0.1) is 73.9 Å². The zero-order valence-corrected chi connectivity index (χ0v) is 72.5. The maximum Gasteiger partial charge on any atom is 0.328 e. The van der Waals surface area contributed by atoms with E-state index in [9.17, 15) is 72.4 Å². The lowest BCUT2D eigenvalue weighted by Crippen LogP contribution is -2.63. The van der Waals surface area contributed by atoms with Gasteiger partial charge in [-0.1, -0.05) is 91.3 Å². The largest absolute Gasteiger partial charge is 0.370 e. The Morgan fingerprint density at radius 3 is 1.20 bits per heavy atom. The summed E-state index contributed by atoms with van der Waals surface area (Å²) in [4.78, 5) is 267. The van der Waals surface area contributed by atoms with Crippen LogP contribution in [-0.4, -0.2) is 197 Å². The number of nitrogens with one attached hydrogen (secondary N) is 17. The molecule has 10 rings (SSSR count). The van der Waals surface area contributed by atoms with Crippen LogP contribution in [-0.2, 0) is 74.0 Å². The van der Waals surface area contributed by atoms with E-state index in [1.807, 2.05) is 48.5 Å². The number of nitrogens with two attached hydrogens (primary N) is 4.